The lowest BCUT2D eigenvalue weighted by molar-refractivity contribution is -0.139. The van der Waals surface area contributed by atoms with Gasteiger partial charge in [0, 0.05) is 5.69 Å². The minimum atomic E-state index is -0.263. The highest BCUT2D eigenvalue weighted by Gasteiger charge is 2.19. The minimum absolute atomic E-state index is 0.147. The van der Waals surface area contributed by atoms with Gasteiger partial charge in [-0.05, 0) is 74.1 Å². The molecule has 1 aliphatic rings. The molecule has 6 nitrogen and oxygen atoms in total. The lowest BCUT2D eigenvalue weighted by Crippen LogP contribution is -2.14. The van der Waals surface area contributed by atoms with E-state index in [1.165, 1.54) is 39.2 Å². The number of benzene rings is 2. The number of fused-ring (bicyclic) bond motifs is 1. The van der Waals surface area contributed by atoms with E-state index < -0.39 is 0 Å². The lowest BCUT2D eigenvalue weighted by atomic mass is 9.78. The van der Waals surface area contributed by atoms with Crippen molar-refractivity contribution in [2.45, 2.75) is 72.3 Å². The number of aromatic nitrogens is 2. The summed E-state index contributed by atoms with van der Waals surface area (Å²) in [5, 5.41) is 3.23. The van der Waals surface area contributed by atoms with Crippen molar-refractivity contribution in [3.8, 4) is 5.75 Å². The molecule has 1 heterocycles. The summed E-state index contributed by atoms with van der Waals surface area (Å²) in [5.41, 5.74) is 4.16. The predicted molar refractivity (Wildman–Crippen MR) is 134 cm³/mol. The number of imidazole rings is 1. The molecule has 0 unspecified atom stereocenters. The SMILES string of the molecule is CC1(C)CCCCC1.COC(=O)Cc1ccc2nc(Nc3ccc(OC(C)C)cc3)[nH]c2c1. The molecule has 2 N–H and O–H groups in total. The molecule has 1 aromatic heterocycles. The zero-order chi connectivity index (χ0) is 23.8. The summed E-state index contributed by atoms with van der Waals surface area (Å²) in [6.07, 6.45) is 7.70. The maximum Gasteiger partial charge on any atom is 0.309 e. The highest BCUT2D eigenvalue weighted by molar-refractivity contribution is 5.81. The minimum Gasteiger partial charge on any atom is -0.491 e. The van der Waals surface area contributed by atoms with Gasteiger partial charge < -0.3 is 19.8 Å². The van der Waals surface area contributed by atoms with Crippen LogP contribution >= 0.6 is 0 Å². The summed E-state index contributed by atoms with van der Waals surface area (Å²) in [4.78, 5) is 19.1. The van der Waals surface area contributed by atoms with Crippen molar-refractivity contribution >= 4 is 28.6 Å². The van der Waals surface area contributed by atoms with E-state index in [9.17, 15) is 4.79 Å². The summed E-state index contributed by atoms with van der Waals surface area (Å²) in [6.45, 7) is 8.75. The second-order valence-electron chi connectivity index (χ2n) is 9.73. The topological polar surface area (TPSA) is 76.2 Å². The Morgan fingerprint density at radius 3 is 2.36 bits per heavy atom. The number of nitrogens with zero attached hydrogens (tertiary/aromatic N) is 1. The molecule has 0 amide bonds. The van der Waals surface area contributed by atoms with Crippen LogP contribution in [-0.4, -0.2) is 29.2 Å². The second kappa shape index (κ2) is 11.2. The molecule has 0 aliphatic heterocycles. The number of carbonyl (C=O) groups excluding carboxylic acids is 1. The Labute approximate surface area is 197 Å². The van der Waals surface area contributed by atoms with Gasteiger partial charge in [0.25, 0.3) is 0 Å². The monoisotopic (exact) mass is 451 g/mol. The molecule has 178 valence electrons. The third kappa shape index (κ3) is 7.81. The van der Waals surface area contributed by atoms with Crippen LogP contribution in [0.15, 0.2) is 42.5 Å². The van der Waals surface area contributed by atoms with E-state index in [0.29, 0.717) is 11.4 Å². The number of H-pyrrole nitrogens is 1. The smallest absolute Gasteiger partial charge is 0.309 e. The second-order valence-corrected chi connectivity index (χ2v) is 9.73. The molecule has 0 saturated heterocycles. The molecule has 3 aromatic rings. The third-order valence-corrected chi connectivity index (χ3v) is 5.82. The number of anilines is 2. The number of methoxy groups -OCH3 is 1. The van der Waals surface area contributed by atoms with Crippen LogP contribution in [0.3, 0.4) is 0 Å². The fourth-order valence-electron chi connectivity index (χ4n) is 4.00. The number of ether oxygens (including phenoxy) is 2. The van der Waals surface area contributed by atoms with Crippen LogP contribution < -0.4 is 10.1 Å². The van der Waals surface area contributed by atoms with E-state index in [0.717, 1.165) is 28.0 Å². The van der Waals surface area contributed by atoms with Crippen molar-refractivity contribution < 1.29 is 14.3 Å². The van der Waals surface area contributed by atoms with Gasteiger partial charge in [0.15, 0.2) is 0 Å². The van der Waals surface area contributed by atoms with Crippen molar-refractivity contribution in [3.05, 3.63) is 48.0 Å². The Kier molecular flexibility index (Phi) is 8.37. The molecule has 1 saturated carbocycles. The Balaban J connectivity index is 0.000000323. The zero-order valence-electron chi connectivity index (χ0n) is 20.5. The maximum atomic E-state index is 11.4. The Bertz CT molecular complexity index is 1030. The first-order chi connectivity index (χ1) is 15.7. The molecule has 6 heteroatoms. The van der Waals surface area contributed by atoms with Gasteiger partial charge in [0.05, 0.1) is 30.7 Å². The highest BCUT2D eigenvalue weighted by atomic mass is 16.5. The summed E-state index contributed by atoms with van der Waals surface area (Å²) >= 11 is 0. The van der Waals surface area contributed by atoms with E-state index in [4.69, 9.17) is 9.47 Å². The molecule has 0 atom stereocenters. The van der Waals surface area contributed by atoms with Crippen molar-refractivity contribution in [1.29, 1.82) is 0 Å². The van der Waals surface area contributed by atoms with Crippen LogP contribution in [0, 0.1) is 5.41 Å². The predicted octanol–water partition coefficient (Wildman–Crippen LogP) is 6.79. The van der Waals surface area contributed by atoms with Crippen LogP contribution in [0.25, 0.3) is 11.0 Å². The van der Waals surface area contributed by atoms with Crippen molar-refractivity contribution in [1.82, 2.24) is 9.97 Å². The number of carbonyl (C=O) groups is 1. The van der Waals surface area contributed by atoms with Crippen LogP contribution in [-0.2, 0) is 16.0 Å². The number of rotatable bonds is 6. The standard InChI is InChI=1S/C19H21N3O3.C8H16/c1-12(2)25-15-7-5-14(6-8-15)20-19-21-16-9-4-13(10-17(16)22-19)11-18(23)24-3;1-8(2)6-4-3-5-7-8/h4-10,12H,11H2,1-3H3,(H2,20,21,22);3-7H2,1-2H3. The average Bonchev–Trinajstić information content (AvgIpc) is 3.16. The molecule has 0 bridgehead atoms. The summed E-state index contributed by atoms with van der Waals surface area (Å²) in [7, 11) is 1.39. The Morgan fingerprint density at radius 1 is 1.09 bits per heavy atom. The fraction of sp³-hybridized carbons (Fsp3) is 0.481. The van der Waals surface area contributed by atoms with Gasteiger partial charge in [-0.1, -0.05) is 39.2 Å². The number of nitrogens with one attached hydrogen (secondary N) is 2. The van der Waals surface area contributed by atoms with E-state index in [2.05, 4.69) is 29.1 Å². The largest absolute Gasteiger partial charge is 0.491 e. The lowest BCUT2D eigenvalue weighted by Gasteiger charge is -2.28. The van der Waals surface area contributed by atoms with E-state index in [-0.39, 0.29) is 18.5 Å². The number of esters is 1. The molecular formula is C27H37N3O3. The Hall–Kier alpha value is -3.02. The highest BCUT2D eigenvalue weighted by Crippen LogP contribution is 2.34. The van der Waals surface area contributed by atoms with E-state index in [1.807, 2.05) is 56.3 Å². The van der Waals surface area contributed by atoms with Crippen molar-refractivity contribution in [2.75, 3.05) is 12.4 Å². The van der Waals surface area contributed by atoms with Crippen molar-refractivity contribution in [3.63, 3.8) is 0 Å². The molecule has 0 spiro atoms. The Morgan fingerprint density at radius 2 is 1.79 bits per heavy atom. The van der Waals surface area contributed by atoms with Gasteiger partial charge in [0.1, 0.15) is 5.75 Å². The number of hydrogen-bond acceptors (Lipinski definition) is 5. The molecule has 0 radical (unpaired) electrons. The van der Waals surface area contributed by atoms with Gasteiger partial charge in [-0.25, -0.2) is 4.98 Å². The first-order valence-electron chi connectivity index (χ1n) is 11.8. The molecule has 2 aromatic carbocycles. The van der Waals surface area contributed by atoms with Crippen molar-refractivity contribution in [2.24, 2.45) is 5.41 Å². The third-order valence-electron chi connectivity index (χ3n) is 5.82. The van der Waals surface area contributed by atoms with E-state index >= 15 is 0 Å². The molecule has 1 fully saturated rings. The number of aromatic amines is 1. The molecule has 33 heavy (non-hydrogen) atoms. The van der Waals surface area contributed by atoms with Crippen LogP contribution in [0.4, 0.5) is 11.6 Å². The van der Waals surface area contributed by atoms with Gasteiger partial charge >= 0.3 is 5.97 Å². The van der Waals surface area contributed by atoms with Crippen LogP contribution in [0.1, 0.15) is 65.4 Å². The summed E-state index contributed by atoms with van der Waals surface area (Å²) in [5.74, 6) is 1.21. The van der Waals surface area contributed by atoms with Crippen LogP contribution in [0.2, 0.25) is 0 Å². The summed E-state index contributed by atoms with van der Waals surface area (Å²) < 4.78 is 10.3. The van der Waals surface area contributed by atoms with Crippen LogP contribution in [0.5, 0.6) is 5.75 Å². The number of hydrogen-bond donors (Lipinski definition) is 2. The van der Waals surface area contributed by atoms with Gasteiger partial charge in [0.2, 0.25) is 5.95 Å². The molecule has 1 aliphatic carbocycles. The first kappa shape index (κ1) is 24.6. The van der Waals surface area contributed by atoms with Gasteiger partial charge in [-0.2, -0.15) is 0 Å². The van der Waals surface area contributed by atoms with Gasteiger partial charge in [-0.15, -0.1) is 0 Å². The fourth-order valence-corrected chi connectivity index (χ4v) is 4.00. The summed E-state index contributed by atoms with van der Waals surface area (Å²) in [6, 6.07) is 13.4. The first-order valence-corrected chi connectivity index (χ1v) is 11.8. The zero-order valence-corrected chi connectivity index (χ0v) is 20.5. The normalized spacial score (nSPS) is 15.0. The van der Waals surface area contributed by atoms with Gasteiger partial charge in [-0.3, -0.25) is 4.79 Å². The van der Waals surface area contributed by atoms with E-state index in [1.54, 1.807) is 0 Å². The molecular weight excluding hydrogens is 414 g/mol. The maximum absolute atomic E-state index is 11.4. The quantitative estimate of drug-likeness (QED) is 0.404. The molecule has 4 rings (SSSR count). The average molecular weight is 452 g/mol.